The van der Waals surface area contributed by atoms with Gasteiger partial charge in [-0.25, -0.2) is 8.42 Å². The van der Waals surface area contributed by atoms with Crippen molar-refractivity contribution in [3.63, 3.8) is 0 Å². The Labute approximate surface area is 96.9 Å². The molecule has 0 radical (unpaired) electrons. The second kappa shape index (κ2) is 4.34. The van der Waals surface area contributed by atoms with Gasteiger partial charge in [0.1, 0.15) is 9.84 Å². The Hall–Kier alpha value is -0.600. The van der Waals surface area contributed by atoms with Crippen LogP contribution in [0.15, 0.2) is 0 Å². The molecule has 1 saturated carbocycles. The SMILES string of the molecule is N#CCC1(CNC2CCS(=O)(=O)CC2)CC1. The Morgan fingerprint density at radius 3 is 2.44 bits per heavy atom. The fourth-order valence-electron chi connectivity index (χ4n) is 2.22. The van der Waals surface area contributed by atoms with Crippen molar-refractivity contribution in [1.82, 2.24) is 5.32 Å². The van der Waals surface area contributed by atoms with Crippen molar-refractivity contribution < 1.29 is 8.42 Å². The lowest BCUT2D eigenvalue weighted by molar-refractivity contribution is 0.394. The molecule has 0 aromatic carbocycles. The van der Waals surface area contributed by atoms with Crippen LogP contribution in [-0.2, 0) is 9.84 Å². The summed E-state index contributed by atoms with van der Waals surface area (Å²) in [5.74, 6) is 0.631. The van der Waals surface area contributed by atoms with Crippen molar-refractivity contribution in [2.75, 3.05) is 18.1 Å². The Bertz CT molecular complexity index is 379. The number of nitriles is 1. The Balaban J connectivity index is 1.74. The van der Waals surface area contributed by atoms with E-state index in [1.165, 1.54) is 0 Å². The molecule has 2 aliphatic rings. The van der Waals surface area contributed by atoms with Crippen LogP contribution in [0, 0.1) is 16.7 Å². The van der Waals surface area contributed by atoms with Crippen LogP contribution in [0.3, 0.4) is 0 Å². The lowest BCUT2D eigenvalue weighted by atomic mass is 10.0. The second-order valence-electron chi connectivity index (χ2n) is 5.14. The number of sulfone groups is 1. The average Bonchev–Trinajstić information content (AvgIpc) is 2.98. The molecule has 2 fully saturated rings. The van der Waals surface area contributed by atoms with Gasteiger partial charge in [-0.05, 0) is 31.1 Å². The molecule has 90 valence electrons. The average molecular weight is 242 g/mol. The minimum atomic E-state index is -2.76. The summed E-state index contributed by atoms with van der Waals surface area (Å²) in [4.78, 5) is 0. The van der Waals surface area contributed by atoms with E-state index in [0.29, 0.717) is 24.0 Å². The summed E-state index contributed by atoms with van der Waals surface area (Å²) in [7, 11) is -2.76. The summed E-state index contributed by atoms with van der Waals surface area (Å²) in [6.07, 6.45) is 4.36. The standard InChI is InChI=1S/C11H18N2O2S/c12-6-5-11(3-4-11)9-13-10-1-7-16(14,15)8-2-10/h10,13H,1-5,7-9H2. The van der Waals surface area contributed by atoms with E-state index in [4.69, 9.17) is 5.26 Å². The number of hydrogen-bond acceptors (Lipinski definition) is 4. The lowest BCUT2D eigenvalue weighted by Gasteiger charge is -2.25. The van der Waals surface area contributed by atoms with Gasteiger partial charge in [0.2, 0.25) is 0 Å². The summed E-state index contributed by atoms with van der Waals surface area (Å²) >= 11 is 0. The van der Waals surface area contributed by atoms with Gasteiger partial charge < -0.3 is 5.32 Å². The van der Waals surface area contributed by atoms with Gasteiger partial charge in [-0.15, -0.1) is 0 Å². The molecular formula is C11H18N2O2S. The maximum absolute atomic E-state index is 11.2. The van der Waals surface area contributed by atoms with Crippen LogP contribution in [0.1, 0.15) is 32.1 Å². The van der Waals surface area contributed by atoms with Gasteiger partial charge in [0, 0.05) is 19.0 Å². The molecule has 0 aromatic heterocycles. The molecule has 2 rings (SSSR count). The molecule has 0 bridgehead atoms. The zero-order chi connectivity index (χ0) is 11.6. The van der Waals surface area contributed by atoms with Gasteiger partial charge in [-0.1, -0.05) is 0 Å². The molecule has 1 saturated heterocycles. The molecule has 1 aliphatic carbocycles. The predicted molar refractivity (Wildman–Crippen MR) is 61.6 cm³/mol. The van der Waals surface area contributed by atoms with Crippen LogP contribution in [0.5, 0.6) is 0 Å². The highest BCUT2D eigenvalue weighted by molar-refractivity contribution is 7.91. The van der Waals surface area contributed by atoms with Crippen molar-refractivity contribution in [2.24, 2.45) is 5.41 Å². The van der Waals surface area contributed by atoms with E-state index in [9.17, 15) is 8.42 Å². The van der Waals surface area contributed by atoms with Gasteiger partial charge in [-0.3, -0.25) is 0 Å². The highest BCUT2D eigenvalue weighted by Gasteiger charge is 2.42. The maximum atomic E-state index is 11.2. The van der Waals surface area contributed by atoms with Crippen molar-refractivity contribution in [2.45, 2.75) is 38.1 Å². The number of rotatable bonds is 4. The first-order valence-electron chi connectivity index (χ1n) is 5.86. The van der Waals surface area contributed by atoms with Crippen molar-refractivity contribution in [3.05, 3.63) is 0 Å². The molecule has 0 atom stereocenters. The summed E-state index contributed by atoms with van der Waals surface area (Å²) < 4.78 is 22.5. The first-order chi connectivity index (χ1) is 7.55. The maximum Gasteiger partial charge on any atom is 0.150 e. The molecule has 1 N–H and O–H groups in total. The van der Waals surface area contributed by atoms with Gasteiger partial charge in [0.05, 0.1) is 17.6 Å². The van der Waals surface area contributed by atoms with Gasteiger partial charge in [0.25, 0.3) is 0 Å². The Morgan fingerprint density at radius 2 is 1.94 bits per heavy atom. The van der Waals surface area contributed by atoms with Crippen LogP contribution < -0.4 is 5.32 Å². The lowest BCUT2D eigenvalue weighted by Crippen LogP contribution is -2.40. The van der Waals surface area contributed by atoms with Crippen LogP contribution in [0.2, 0.25) is 0 Å². The van der Waals surface area contributed by atoms with Crippen molar-refractivity contribution in [3.8, 4) is 6.07 Å². The summed E-state index contributed by atoms with van der Waals surface area (Å²) in [5.41, 5.74) is 0.213. The molecule has 4 nitrogen and oxygen atoms in total. The normalized spacial score (nSPS) is 27.2. The van der Waals surface area contributed by atoms with Crippen LogP contribution in [0.4, 0.5) is 0 Å². The molecular weight excluding hydrogens is 224 g/mol. The largest absolute Gasteiger partial charge is 0.313 e. The highest BCUT2D eigenvalue weighted by Crippen LogP contribution is 2.48. The topological polar surface area (TPSA) is 70.0 Å². The molecule has 16 heavy (non-hydrogen) atoms. The number of hydrogen-bond donors (Lipinski definition) is 1. The predicted octanol–water partition coefficient (Wildman–Crippen LogP) is 0.847. The van der Waals surface area contributed by atoms with Crippen LogP contribution in [0.25, 0.3) is 0 Å². The van der Waals surface area contributed by atoms with Crippen LogP contribution in [-0.4, -0.2) is 32.5 Å². The van der Waals surface area contributed by atoms with Gasteiger partial charge >= 0.3 is 0 Å². The Kier molecular flexibility index (Phi) is 3.22. The summed E-state index contributed by atoms with van der Waals surface area (Å²) in [6.45, 7) is 0.880. The van der Waals surface area contributed by atoms with Crippen LogP contribution >= 0.6 is 0 Å². The number of nitrogens with one attached hydrogen (secondary N) is 1. The van der Waals surface area contributed by atoms with Gasteiger partial charge in [0.15, 0.2) is 0 Å². The third-order valence-corrected chi connectivity index (χ3v) is 5.45. The quantitative estimate of drug-likeness (QED) is 0.793. The van der Waals surface area contributed by atoms with E-state index >= 15 is 0 Å². The minimum absolute atomic E-state index is 0.213. The smallest absolute Gasteiger partial charge is 0.150 e. The molecule has 1 heterocycles. The van der Waals surface area contributed by atoms with E-state index in [1.807, 2.05) is 0 Å². The van der Waals surface area contributed by atoms with Crippen molar-refractivity contribution >= 4 is 9.84 Å². The molecule has 0 amide bonds. The van der Waals surface area contributed by atoms with E-state index in [2.05, 4.69) is 11.4 Å². The van der Waals surface area contributed by atoms with Crippen molar-refractivity contribution in [1.29, 1.82) is 5.26 Å². The fourth-order valence-corrected chi connectivity index (χ4v) is 3.71. The van der Waals surface area contributed by atoms with E-state index < -0.39 is 9.84 Å². The first kappa shape index (κ1) is 11.9. The van der Waals surface area contributed by atoms with Gasteiger partial charge in [-0.2, -0.15) is 5.26 Å². The third-order valence-electron chi connectivity index (χ3n) is 3.73. The molecule has 0 aromatic rings. The monoisotopic (exact) mass is 242 g/mol. The zero-order valence-electron chi connectivity index (χ0n) is 9.41. The number of nitrogens with zero attached hydrogens (tertiary/aromatic N) is 1. The first-order valence-corrected chi connectivity index (χ1v) is 7.68. The molecule has 1 aliphatic heterocycles. The molecule has 0 spiro atoms. The fraction of sp³-hybridized carbons (Fsp3) is 0.909. The summed E-state index contributed by atoms with van der Waals surface area (Å²) in [6, 6.07) is 2.57. The second-order valence-corrected chi connectivity index (χ2v) is 7.45. The van der Waals surface area contributed by atoms with E-state index in [1.54, 1.807) is 0 Å². The zero-order valence-corrected chi connectivity index (χ0v) is 10.2. The third kappa shape index (κ3) is 2.96. The van der Waals surface area contributed by atoms with E-state index in [-0.39, 0.29) is 5.41 Å². The Morgan fingerprint density at radius 1 is 1.31 bits per heavy atom. The minimum Gasteiger partial charge on any atom is -0.313 e. The summed E-state index contributed by atoms with van der Waals surface area (Å²) in [5, 5.41) is 12.1. The highest BCUT2D eigenvalue weighted by atomic mass is 32.2. The molecule has 0 unspecified atom stereocenters. The molecule has 5 heteroatoms. The van der Waals surface area contributed by atoms with E-state index in [0.717, 1.165) is 32.2 Å².